The molecule has 0 aliphatic carbocycles. The molecule has 0 saturated carbocycles. The van der Waals surface area contributed by atoms with Crippen molar-refractivity contribution >= 4 is 38.0 Å². The molecule has 8 heteroatoms. The lowest BCUT2D eigenvalue weighted by atomic mass is 9.94. The molecule has 1 atom stereocenters. The van der Waals surface area contributed by atoms with Gasteiger partial charge in [-0.25, -0.2) is 18.6 Å². The predicted octanol–water partition coefficient (Wildman–Crippen LogP) is 4.28. The number of nitrogens with one attached hydrogen (secondary N) is 1. The van der Waals surface area contributed by atoms with Crippen molar-refractivity contribution < 1.29 is 18.7 Å². The van der Waals surface area contributed by atoms with Gasteiger partial charge in [0.2, 0.25) is 0 Å². The van der Waals surface area contributed by atoms with E-state index in [1.807, 2.05) is 0 Å². The predicted molar refractivity (Wildman–Crippen MR) is 83.9 cm³/mol. The number of hydrogen-bond acceptors (Lipinski definition) is 2. The van der Waals surface area contributed by atoms with Crippen LogP contribution in [0.5, 0.6) is 0 Å². The molecule has 1 aromatic heterocycles. The van der Waals surface area contributed by atoms with Crippen molar-refractivity contribution in [3.8, 4) is 0 Å². The van der Waals surface area contributed by atoms with E-state index in [1.165, 1.54) is 0 Å². The highest BCUT2D eigenvalue weighted by Crippen LogP contribution is 2.30. The molecule has 2 N–H and O–H groups in total. The first-order chi connectivity index (χ1) is 10.4. The fourth-order valence-corrected chi connectivity index (χ4v) is 2.84. The van der Waals surface area contributed by atoms with Crippen LogP contribution in [0.1, 0.15) is 17.2 Å². The fraction of sp³-hybridized carbons (Fsp3) is 0.143. The third-order valence-electron chi connectivity index (χ3n) is 2.91. The average molecular weight is 436 g/mol. The summed E-state index contributed by atoms with van der Waals surface area (Å²) in [6.45, 7) is -0.0692. The number of carboxylic acid groups (broad SMARTS) is 1. The SMILES string of the molecule is O=C(O)NCC(c1cc(F)cc(F)c1)c1nc(Br)ccc1Br. The van der Waals surface area contributed by atoms with Crippen LogP contribution >= 0.6 is 31.9 Å². The lowest BCUT2D eigenvalue weighted by Crippen LogP contribution is -2.28. The van der Waals surface area contributed by atoms with Crippen molar-refractivity contribution in [3.63, 3.8) is 0 Å². The highest BCUT2D eigenvalue weighted by atomic mass is 79.9. The minimum Gasteiger partial charge on any atom is -0.465 e. The molecule has 4 nitrogen and oxygen atoms in total. The van der Waals surface area contributed by atoms with Gasteiger partial charge in [0.05, 0.1) is 5.69 Å². The Bertz CT molecular complexity index is 693. The highest BCUT2D eigenvalue weighted by molar-refractivity contribution is 9.11. The van der Waals surface area contributed by atoms with Crippen LogP contribution in [0.3, 0.4) is 0 Å². The summed E-state index contributed by atoms with van der Waals surface area (Å²) in [4.78, 5) is 15.0. The van der Waals surface area contributed by atoms with Crippen molar-refractivity contribution in [2.75, 3.05) is 6.54 Å². The molecule has 1 unspecified atom stereocenters. The Kier molecular flexibility index (Phi) is 5.47. The summed E-state index contributed by atoms with van der Waals surface area (Å²) in [6, 6.07) is 6.49. The Morgan fingerprint density at radius 1 is 1.23 bits per heavy atom. The summed E-state index contributed by atoms with van der Waals surface area (Å²) in [5.74, 6) is -2.11. The topological polar surface area (TPSA) is 62.2 Å². The zero-order valence-corrected chi connectivity index (χ0v) is 14.2. The quantitative estimate of drug-likeness (QED) is 0.704. The van der Waals surface area contributed by atoms with Gasteiger partial charge in [0.1, 0.15) is 16.2 Å². The Hall–Kier alpha value is -1.54. The van der Waals surface area contributed by atoms with Gasteiger partial charge in [-0.3, -0.25) is 0 Å². The number of carbonyl (C=O) groups is 1. The number of rotatable bonds is 4. The maximum absolute atomic E-state index is 13.5. The van der Waals surface area contributed by atoms with Gasteiger partial charge in [0, 0.05) is 23.0 Å². The van der Waals surface area contributed by atoms with E-state index in [-0.39, 0.29) is 12.1 Å². The molecule has 0 aliphatic heterocycles. The number of halogens is 4. The molecule has 1 amide bonds. The van der Waals surface area contributed by atoms with Crippen LogP contribution in [0, 0.1) is 11.6 Å². The molecule has 1 heterocycles. The van der Waals surface area contributed by atoms with E-state index in [2.05, 4.69) is 42.2 Å². The molecular weight excluding hydrogens is 426 g/mol. The second kappa shape index (κ2) is 7.15. The molecule has 0 radical (unpaired) electrons. The zero-order chi connectivity index (χ0) is 16.3. The van der Waals surface area contributed by atoms with Gasteiger partial charge in [0.15, 0.2) is 0 Å². The van der Waals surface area contributed by atoms with Gasteiger partial charge in [-0.1, -0.05) is 0 Å². The normalized spacial score (nSPS) is 12.0. The van der Waals surface area contributed by atoms with Gasteiger partial charge in [-0.15, -0.1) is 0 Å². The van der Waals surface area contributed by atoms with E-state index in [1.54, 1.807) is 12.1 Å². The fourth-order valence-electron chi connectivity index (χ4n) is 2.02. The monoisotopic (exact) mass is 434 g/mol. The van der Waals surface area contributed by atoms with E-state index in [9.17, 15) is 13.6 Å². The average Bonchev–Trinajstić information content (AvgIpc) is 2.41. The summed E-state index contributed by atoms with van der Waals surface area (Å²) in [5, 5.41) is 11.0. The molecule has 0 aliphatic rings. The van der Waals surface area contributed by atoms with Crippen LogP contribution < -0.4 is 5.32 Å². The molecule has 0 saturated heterocycles. The first kappa shape index (κ1) is 16.8. The number of aromatic nitrogens is 1. The maximum Gasteiger partial charge on any atom is 0.404 e. The highest BCUT2D eigenvalue weighted by Gasteiger charge is 2.21. The number of nitrogens with zero attached hydrogens (tertiary/aromatic N) is 1. The molecule has 2 aromatic rings. The second-order valence-corrected chi connectivity index (χ2v) is 6.11. The van der Waals surface area contributed by atoms with Crippen molar-refractivity contribution in [2.45, 2.75) is 5.92 Å². The van der Waals surface area contributed by atoms with Crippen LogP contribution in [0.15, 0.2) is 39.4 Å². The van der Waals surface area contributed by atoms with Gasteiger partial charge < -0.3 is 10.4 Å². The summed E-state index contributed by atoms with van der Waals surface area (Å²) < 4.78 is 28.1. The number of benzene rings is 1. The summed E-state index contributed by atoms with van der Waals surface area (Å²) in [5.41, 5.74) is 0.755. The van der Waals surface area contributed by atoms with Crippen LogP contribution in [-0.2, 0) is 0 Å². The zero-order valence-electron chi connectivity index (χ0n) is 11.0. The second-order valence-electron chi connectivity index (χ2n) is 4.44. The van der Waals surface area contributed by atoms with E-state index < -0.39 is 23.6 Å². The van der Waals surface area contributed by atoms with Crippen LogP contribution in [-0.4, -0.2) is 22.7 Å². The smallest absolute Gasteiger partial charge is 0.404 e. The van der Waals surface area contributed by atoms with Gasteiger partial charge >= 0.3 is 6.09 Å². The minimum atomic E-state index is -1.23. The first-order valence-electron chi connectivity index (χ1n) is 6.11. The van der Waals surface area contributed by atoms with E-state index in [0.29, 0.717) is 14.8 Å². The Labute approximate surface area is 141 Å². The number of pyridine rings is 1. The third kappa shape index (κ3) is 4.23. The first-order valence-corrected chi connectivity index (χ1v) is 7.70. The Morgan fingerprint density at radius 2 is 1.86 bits per heavy atom. The van der Waals surface area contributed by atoms with Crippen LogP contribution in [0.4, 0.5) is 13.6 Å². The Morgan fingerprint density at radius 3 is 2.45 bits per heavy atom. The Balaban J connectivity index is 2.50. The summed E-state index contributed by atoms with van der Waals surface area (Å²) >= 11 is 6.56. The largest absolute Gasteiger partial charge is 0.465 e. The van der Waals surface area contributed by atoms with Crippen molar-refractivity contribution in [2.24, 2.45) is 0 Å². The number of hydrogen-bond donors (Lipinski definition) is 2. The molecule has 1 aromatic carbocycles. The minimum absolute atomic E-state index is 0.0692. The van der Waals surface area contributed by atoms with Crippen molar-refractivity contribution in [1.82, 2.24) is 10.3 Å². The van der Waals surface area contributed by atoms with Crippen LogP contribution in [0.2, 0.25) is 0 Å². The van der Waals surface area contributed by atoms with E-state index >= 15 is 0 Å². The molecule has 22 heavy (non-hydrogen) atoms. The van der Waals surface area contributed by atoms with Gasteiger partial charge in [0.25, 0.3) is 0 Å². The molecule has 0 bridgehead atoms. The molecule has 0 fully saturated rings. The summed E-state index contributed by atoms with van der Waals surface area (Å²) in [6.07, 6.45) is -1.23. The van der Waals surface area contributed by atoms with E-state index in [4.69, 9.17) is 5.11 Å². The molecule has 2 rings (SSSR count). The maximum atomic E-state index is 13.5. The number of amides is 1. The van der Waals surface area contributed by atoms with Gasteiger partial charge in [-0.2, -0.15) is 0 Å². The lowest BCUT2D eigenvalue weighted by Gasteiger charge is -2.19. The van der Waals surface area contributed by atoms with Crippen molar-refractivity contribution in [1.29, 1.82) is 0 Å². The van der Waals surface area contributed by atoms with Crippen molar-refractivity contribution in [3.05, 3.63) is 62.3 Å². The third-order valence-corrected chi connectivity index (χ3v) is 4.03. The molecular formula is C14H10Br2F2N2O2. The molecule has 116 valence electrons. The van der Waals surface area contributed by atoms with Gasteiger partial charge in [-0.05, 0) is 61.7 Å². The van der Waals surface area contributed by atoms with Crippen LogP contribution in [0.25, 0.3) is 0 Å². The van der Waals surface area contributed by atoms with E-state index in [0.717, 1.165) is 18.2 Å². The summed E-state index contributed by atoms with van der Waals surface area (Å²) in [7, 11) is 0. The molecule has 0 spiro atoms. The lowest BCUT2D eigenvalue weighted by molar-refractivity contribution is 0.194. The standard InChI is InChI=1S/C14H10Br2F2N2O2/c15-11-1-2-12(16)20-13(11)10(6-19-14(21)22)7-3-8(17)5-9(18)4-7/h1-5,10,19H,6H2,(H,21,22).